The Kier molecular flexibility index (Phi) is 6.35. The van der Waals surface area contributed by atoms with Crippen molar-refractivity contribution < 1.29 is 9.53 Å². The molecule has 0 N–H and O–H groups in total. The molecule has 3 rings (SSSR count). The van der Waals surface area contributed by atoms with Gasteiger partial charge >= 0.3 is 0 Å². The maximum Gasteiger partial charge on any atom is 0.168 e. The van der Waals surface area contributed by atoms with E-state index < -0.39 is 0 Å². The molecule has 0 saturated carbocycles. The Morgan fingerprint density at radius 2 is 1.93 bits per heavy atom. The number of carbonyl (C=O) groups is 1. The van der Waals surface area contributed by atoms with E-state index in [4.69, 9.17) is 4.74 Å². The van der Waals surface area contributed by atoms with Crippen LogP contribution in [0.5, 0.6) is 5.75 Å². The first kappa shape index (κ1) is 19.7. The summed E-state index contributed by atoms with van der Waals surface area (Å²) in [6.07, 6.45) is 8.12. The summed E-state index contributed by atoms with van der Waals surface area (Å²) in [5.74, 6) is 2.28. The van der Waals surface area contributed by atoms with Gasteiger partial charge in [0.2, 0.25) is 0 Å². The van der Waals surface area contributed by atoms with E-state index in [2.05, 4.69) is 29.6 Å². The van der Waals surface area contributed by atoms with E-state index in [1.54, 1.807) is 0 Å². The molecule has 1 aliphatic carbocycles. The number of carbonyl (C=O) groups excluding carboxylic acids is 1. The van der Waals surface area contributed by atoms with Crippen molar-refractivity contribution in [2.75, 3.05) is 6.61 Å². The third-order valence-electron chi connectivity index (χ3n) is 5.63. The Balaban J connectivity index is 1.91. The van der Waals surface area contributed by atoms with Crippen LogP contribution in [-0.4, -0.2) is 21.9 Å². The Bertz CT molecular complexity index is 807. The summed E-state index contributed by atoms with van der Waals surface area (Å²) >= 11 is 0. The maximum atomic E-state index is 13.5. The molecule has 0 saturated heterocycles. The Hall–Kier alpha value is -2.10. The van der Waals surface area contributed by atoms with Gasteiger partial charge < -0.3 is 9.30 Å². The largest absolute Gasteiger partial charge is 0.494 e. The molecule has 146 valence electrons. The Morgan fingerprint density at radius 1 is 1.19 bits per heavy atom. The number of aromatic nitrogens is 2. The number of benzene rings is 1. The SMILES string of the molecule is CCOc1ccc(C(=O)C(CC)Cn2cc(C)nc2CC)c2c1CCCC2. The number of hydrogen-bond donors (Lipinski definition) is 0. The van der Waals surface area contributed by atoms with Gasteiger partial charge in [-0.1, -0.05) is 13.8 Å². The average molecular weight is 369 g/mol. The summed E-state index contributed by atoms with van der Waals surface area (Å²) in [6, 6.07) is 4.01. The van der Waals surface area contributed by atoms with Crippen LogP contribution in [0.3, 0.4) is 0 Å². The second kappa shape index (κ2) is 8.73. The van der Waals surface area contributed by atoms with Gasteiger partial charge in [0.05, 0.1) is 12.3 Å². The van der Waals surface area contributed by atoms with E-state index in [1.165, 1.54) is 17.5 Å². The zero-order valence-corrected chi connectivity index (χ0v) is 17.2. The van der Waals surface area contributed by atoms with E-state index >= 15 is 0 Å². The second-order valence-corrected chi connectivity index (χ2v) is 7.48. The number of hydrogen-bond acceptors (Lipinski definition) is 3. The van der Waals surface area contributed by atoms with Crippen molar-refractivity contribution in [3.8, 4) is 5.75 Å². The number of nitrogens with zero attached hydrogens (tertiary/aromatic N) is 2. The highest BCUT2D eigenvalue weighted by Crippen LogP contribution is 2.34. The molecule has 1 heterocycles. The molecule has 27 heavy (non-hydrogen) atoms. The fraction of sp³-hybridized carbons (Fsp3) is 0.565. The zero-order valence-electron chi connectivity index (χ0n) is 17.2. The maximum absolute atomic E-state index is 13.5. The predicted molar refractivity (Wildman–Crippen MR) is 109 cm³/mol. The Morgan fingerprint density at radius 3 is 2.59 bits per heavy atom. The van der Waals surface area contributed by atoms with Gasteiger partial charge in [-0.2, -0.15) is 0 Å². The van der Waals surface area contributed by atoms with Gasteiger partial charge in [0, 0.05) is 30.6 Å². The van der Waals surface area contributed by atoms with Crippen LogP contribution in [-0.2, 0) is 25.8 Å². The van der Waals surface area contributed by atoms with Gasteiger partial charge in [-0.15, -0.1) is 0 Å². The highest BCUT2D eigenvalue weighted by molar-refractivity contribution is 5.99. The third kappa shape index (κ3) is 4.10. The number of imidazole rings is 1. The molecule has 0 spiro atoms. The van der Waals surface area contributed by atoms with Gasteiger partial charge in [-0.25, -0.2) is 4.98 Å². The standard InChI is InChI=1S/C23H32N2O2/c1-5-17(15-25-14-16(4)24-22(25)6-2)23(26)20-12-13-21(27-7-3)19-11-9-8-10-18(19)20/h12-14,17H,5-11,15H2,1-4H3. The van der Waals surface area contributed by atoms with Crippen LogP contribution in [0.25, 0.3) is 0 Å². The lowest BCUT2D eigenvalue weighted by Gasteiger charge is -2.24. The van der Waals surface area contributed by atoms with Crippen molar-refractivity contribution in [2.45, 2.75) is 72.8 Å². The van der Waals surface area contributed by atoms with Crippen LogP contribution in [0.1, 0.15) is 73.0 Å². The number of fused-ring (bicyclic) bond motifs is 1. The number of ether oxygens (including phenoxy) is 1. The molecule has 1 atom stereocenters. The van der Waals surface area contributed by atoms with Crippen LogP contribution < -0.4 is 4.74 Å². The van der Waals surface area contributed by atoms with E-state index in [0.29, 0.717) is 13.2 Å². The molecule has 0 bridgehead atoms. The van der Waals surface area contributed by atoms with Crippen LogP contribution in [0.2, 0.25) is 0 Å². The van der Waals surface area contributed by atoms with Crippen molar-refractivity contribution in [1.82, 2.24) is 9.55 Å². The topological polar surface area (TPSA) is 44.1 Å². The van der Waals surface area contributed by atoms with Gasteiger partial charge in [0.25, 0.3) is 0 Å². The number of rotatable bonds is 8. The van der Waals surface area contributed by atoms with E-state index in [9.17, 15) is 4.79 Å². The van der Waals surface area contributed by atoms with Crippen molar-refractivity contribution in [3.63, 3.8) is 0 Å². The van der Waals surface area contributed by atoms with E-state index in [-0.39, 0.29) is 11.7 Å². The van der Waals surface area contributed by atoms with Crippen LogP contribution in [0.4, 0.5) is 0 Å². The van der Waals surface area contributed by atoms with Crippen LogP contribution in [0, 0.1) is 12.8 Å². The van der Waals surface area contributed by atoms with Crippen molar-refractivity contribution in [3.05, 3.63) is 46.5 Å². The molecule has 4 nitrogen and oxygen atoms in total. The van der Waals surface area contributed by atoms with Crippen molar-refractivity contribution in [2.24, 2.45) is 5.92 Å². The first-order valence-electron chi connectivity index (χ1n) is 10.4. The summed E-state index contributed by atoms with van der Waals surface area (Å²) in [7, 11) is 0. The van der Waals surface area contributed by atoms with Gasteiger partial charge in [0.1, 0.15) is 11.6 Å². The fourth-order valence-electron chi connectivity index (χ4n) is 4.25. The highest BCUT2D eigenvalue weighted by Gasteiger charge is 2.26. The van der Waals surface area contributed by atoms with Crippen LogP contribution in [0.15, 0.2) is 18.3 Å². The molecule has 1 aromatic carbocycles. The lowest BCUT2D eigenvalue weighted by molar-refractivity contribution is 0.0901. The van der Waals surface area contributed by atoms with E-state index in [0.717, 1.165) is 54.9 Å². The molecule has 0 aliphatic heterocycles. The fourth-order valence-corrected chi connectivity index (χ4v) is 4.25. The minimum atomic E-state index is -0.0205. The smallest absolute Gasteiger partial charge is 0.168 e. The average Bonchev–Trinajstić information content (AvgIpc) is 3.05. The first-order valence-corrected chi connectivity index (χ1v) is 10.4. The van der Waals surface area contributed by atoms with E-state index in [1.807, 2.05) is 26.0 Å². The summed E-state index contributed by atoms with van der Waals surface area (Å²) in [5.41, 5.74) is 4.42. The lowest BCUT2D eigenvalue weighted by Crippen LogP contribution is -2.23. The molecule has 2 aromatic rings. The summed E-state index contributed by atoms with van der Waals surface area (Å²) in [6.45, 7) is 9.63. The summed E-state index contributed by atoms with van der Waals surface area (Å²) in [5, 5.41) is 0. The van der Waals surface area contributed by atoms with Crippen LogP contribution >= 0.6 is 0 Å². The molecule has 1 unspecified atom stereocenters. The number of ketones is 1. The monoisotopic (exact) mass is 368 g/mol. The number of aryl methyl sites for hydroxylation is 2. The van der Waals surface area contributed by atoms with Crippen molar-refractivity contribution in [1.29, 1.82) is 0 Å². The third-order valence-corrected chi connectivity index (χ3v) is 5.63. The van der Waals surface area contributed by atoms with Gasteiger partial charge in [-0.05, 0) is 69.2 Å². The normalized spacial score (nSPS) is 14.7. The van der Waals surface area contributed by atoms with Gasteiger partial charge in [-0.3, -0.25) is 4.79 Å². The van der Waals surface area contributed by atoms with Crippen molar-refractivity contribution >= 4 is 5.78 Å². The molecule has 0 radical (unpaired) electrons. The molecular weight excluding hydrogens is 336 g/mol. The minimum Gasteiger partial charge on any atom is -0.494 e. The van der Waals surface area contributed by atoms with Gasteiger partial charge in [0.15, 0.2) is 5.78 Å². The lowest BCUT2D eigenvalue weighted by atomic mass is 9.83. The first-order chi connectivity index (χ1) is 13.1. The molecule has 1 aliphatic rings. The zero-order chi connectivity index (χ0) is 19.4. The quantitative estimate of drug-likeness (QED) is 0.620. The summed E-state index contributed by atoms with van der Waals surface area (Å²) in [4.78, 5) is 18.0. The highest BCUT2D eigenvalue weighted by atomic mass is 16.5. The minimum absolute atomic E-state index is 0.0205. The predicted octanol–water partition coefficient (Wildman–Crippen LogP) is 4.94. The molecule has 1 aromatic heterocycles. The number of Topliss-reactive ketones (excluding diaryl/α,β-unsaturated/α-hetero) is 1. The second-order valence-electron chi connectivity index (χ2n) is 7.48. The molecule has 0 amide bonds. The Labute approximate surface area is 163 Å². The molecular formula is C23H32N2O2. The summed E-state index contributed by atoms with van der Waals surface area (Å²) < 4.78 is 8.00. The molecule has 4 heteroatoms. The molecule has 0 fully saturated rings.